The Hall–Kier alpha value is -2.22. The predicted molar refractivity (Wildman–Crippen MR) is 107 cm³/mol. The molecule has 1 heterocycles. The first-order valence-electron chi connectivity index (χ1n) is 8.85. The minimum atomic E-state index is -3.84. The van der Waals surface area contributed by atoms with Gasteiger partial charge in [-0.1, -0.05) is 37.3 Å². The van der Waals surface area contributed by atoms with E-state index in [1.165, 1.54) is 27.8 Å². The zero-order chi connectivity index (χ0) is 19.0. The van der Waals surface area contributed by atoms with Crippen LogP contribution in [0.15, 0.2) is 53.4 Å². The van der Waals surface area contributed by atoms with E-state index < -0.39 is 15.9 Å². The Kier molecular flexibility index (Phi) is 4.75. The second-order valence-electron chi connectivity index (χ2n) is 6.98. The van der Waals surface area contributed by atoms with Crippen molar-refractivity contribution in [3.05, 3.63) is 63.8 Å². The molecule has 0 spiro atoms. The average Bonchev–Trinajstić information content (AvgIpc) is 3.09. The van der Waals surface area contributed by atoms with Gasteiger partial charge in [-0.25, -0.2) is 8.42 Å². The number of amides is 1. The number of hydrazine groups is 1. The molecule has 0 radical (unpaired) electrons. The van der Waals surface area contributed by atoms with E-state index in [-0.39, 0.29) is 4.90 Å². The number of rotatable bonds is 4. The first-order valence-corrected chi connectivity index (χ1v) is 11.1. The van der Waals surface area contributed by atoms with Crippen LogP contribution in [0.1, 0.15) is 33.5 Å². The van der Waals surface area contributed by atoms with E-state index >= 15 is 0 Å². The summed E-state index contributed by atoms with van der Waals surface area (Å²) in [7, 11) is -3.84. The number of thiophene rings is 1. The van der Waals surface area contributed by atoms with Crippen LogP contribution in [0.5, 0.6) is 0 Å². The first kappa shape index (κ1) is 18.2. The largest absolute Gasteiger partial charge is 0.276 e. The van der Waals surface area contributed by atoms with Crippen molar-refractivity contribution in [3.8, 4) is 0 Å². The number of benzene rings is 2. The summed E-state index contributed by atoms with van der Waals surface area (Å²) in [6, 6.07) is 14.3. The van der Waals surface area contributed by atoms with Crippen LogP contribution < -0.4 is 10.3 Å². The minimum Gasteiger partial charge on any atom is -0.273 e. The van der Waals surface area contributed by atoms with E-state index in [0.29, 0.717) is 10.8 Å². The van der Waals surface area contributed by atoms with Crippen LogP contribution in [0.4, 0.5) is 0 Å². The predicted octanol–water partition coefficient (Wildman–Crippen LogP) is 3.65. The highest BCUT2D eigenvalue weighted by atomic mass is 32.2. The molecule has 0 saturated carbocycles. The van der Waals surface area contributed by atoms with Crippen LogP contribution in [0.25, 0.3) is 10.8 Å². The number of hydrogen-bond acceptors (Lipinski definition) is 4. The minimum absolute atomic E-state index is 0.112. The van der Waals surface area contributed by atoms with Crippen LogP contribution >= 0.6 is 11.3 Å². The third-order valence-corrected chi connectivity index (χ3v) is 7.36. The summed E-state index contributed by atoms with van der Waals surface area (Å²) in [6.07, 6.45) is 3.09. The fraction of sp³-hybridized carbons (Fsp3) is 0.250. The number of fused-ring (bicyclic) bond motifs is 2. The summed E-state index contributed by atoms with van der Waals surface area (Å²) >= 11 is 1.45. The maximum Gasteiger partial charge on any atom is 0.276 e. The normalized spacial score (nSPS) is 16.9. The Bertz CT molecular complexity index is 1120. The number of nitrogens with one attached hydrogen (secondary N) is 2. The summed E-state index contributed by atoms with van der Waals surface area (Å²) in [5.41, 5.74) is 3.55. The van der Waals surface area contributed by atoms with E-state index in [9.17, 15) is 13.2 Å². The van der Waals surface area contributed by atoms with Crippen LogP contribution in [-0.4, -0.2) is 14.3 Å². The maximum atomic E-state index is 12.5. The monoisotopic (exact) mass is 400 g/mol. The van der Waals surface area contributed by atoms with Crippen molar-refractivity contribution in [1.82, 2.24) is 10.3 Å². The van der Waals surface area contributed by atoms with Crippen molar-refractivity contribution in [2.75, 3.05) is 0 Å². The van der Waals surface area contributed by atoms with E-state index in [0.717, 1.165) is 30.0 Å². The SMILES string of the molecule is C[C@@H]1CCc2sc(C(=O)NNS(=O)(=O)c3ccc4ccccc4c3)cc2C1. The molecule has 7 heteroatoms. The lowest BCUT2D eigenvalue weighted by Gasteiger charge is -2.16. The Morgan fingerprint density at radius 2 is 1.89 bits per heavy atom. The quantitative estimate of drug-likeness (QED) is 0.657. The highest BCUT2D eigenvalue weighted by Crippen LogP contribution is 2.32. The number of hydrogen-bond donors (Lipinski definition) is 2. The van der Waals surface area contributed by atoms with Gasteiger partial charge >= 0.3 is 0 Å². The Morgan fingerprint density at radius 1 is 1.11 bits per heavy atom. The summed E-state index contributed by atoms with van der Waals surface area (Å²) in [5, 5.41) is 1.78. The van der Waals surface area contributed by atoms with Gasteiger partial charge < -0.3 is 0 Å². The lowest BCUT2D eigenvalue weighted by atomic mass is 9.90. The second kappa shape index (κ2) is 7.07. The van der Waals surface area contributed by atoms with E-state index in [1.807, 2.05) is 30.3 Å². The molecule has 1 aliphatic rings. The molecule has 1 atom stereocenters. The molecule has 1 aliphatic carbocycles. The zero-order valence-electron chi connectivity index (χ0n) is 14.9. The second-order valence-corrected chi connectivity index (χ2v) is 9.79. The van der Waals surface area contributed by atoms with Crippen molar-refractivity contribution in [1.29, 1.82) is 0 Å². The summed E-state index contributed by atoms with van der Waals surface area (Å²) in [4.78, 5) is 16.5. The van der Waals surface area contributed by atoms with E-state index in [2.05, 4.69) is 17.2 Å². The fourth-order valence-electron chi connectivity index (χ4n) is 3.39. The number of carbonyl (C=O) groups is 1. The molecule has 0 fully saturated rings. The van der Waals surface area contributed by atoms with Crippen LogP contribution in [0.2, 0.25) is 0 Å². The van der Waals surface area contributed by atoms with Crippen LogP contribution in [0, 0.1) is 5.92 Å². The van der Waals surface area contributed by atoms with Gasteiger partial charge in [0, 0.05) is 4.88 Å². The summed E-state index contributed by atoms with van der Waals surface area (Å²) < 4.78 is 25.1. The molecule has 5 nitrogen and oxygen atoms in total. The lowest BCUT2D eigenvalue weighted by Crippen LogP contribution is -2.41. The third-order valence-electron chi connectivity index (χ3n) is 4.88. The molecule has 2 aromatic carbocycles. The molecular formula is C20H20N2O3S2. The smallest absolute Gasteiger partial charge is 0.273 e. The van der Waals surface area contributed by atoms with Gasteiger partial charge in [-0.2, -0.15) is 0 Å². The molecule has 140 valence electrons. The first-order chi connectivity index (χ1) is 12.9. The van der Waals surface area contributed by atoms with Gasteiger partial charge in [0.2, 0.25) is 0 Å². The van der Waals surface area contributed by atoms with Gasteiger partial charge in [-0.3, -0.25) is 10.2 Å². The summed E-state index contributed by atoms with van der Waals surface area (Å²) in [5.74, 6) is 0.195. The number of sulfonamides is 1. The molecular weight excluding hydrogens is 380 g/mol. The molecule has 0 unspecified atom stereocenters. The Labute approximate surface area is 162 Å². The lowest BCUT2D eigenvalue weighted by molar-refractivity contribution is 0.0949. The van der Waals surface area contributed by atoms with Crippen molar-refractivity contribution in [2.24, 2.45) is 5.92 Å². The topological polar surface area (TPSA) is 75.3 Å². The Balaban J connectivity index is 1.49. The van der Waals surface area contributed by atoms with Crippen LogP contribution in [0.3, 0.4) is 0 Å². The highest BCUT2D eigenvalue weighted by Gasteiger charge is 2.22. The van der Waals surface area contributed by atoms with Gasteiger partial charge in [0.15, 0.2) is 0 Å². The van der Waals surface area contributed by atoms with Crippen molar-refractivity contribution >= 4 is 38.0 Å². The molecule has 1 aromatic heterocycles. The maximum absolute atomic E-state index is 12.5. The zero-order valence-corrected chi connectivity index (χ0v) is 16.5. The summed E-state index contributed by atoms with van der Waals surface area (Å²) in [6.45, 7) is 2.21. The molecule has 2 N–H and O–H groups in total. The van der Waals surface area contributed by atoms with E-state index in [1.54, 1.807) is 12.1 Å². The molecule has 4 rings (SSSR count). The van der Waals surface area contributed by atoms with Gasteiger partial charge in [0.1, 0.15) is 0 Å². The van der Waals surface area contributed by atoms with Gasteiger partial charge in [-0.15, -0.1) is 16.2 Å². The van der Waals surface area contributed by atoms with Crippen LogP contribution in [-0.2, 0) is 22.9 Å². The molecule has 27 heavy (non-hydrogen) atoms. The van der Waals surface area contributed by atoms with Crippen molar-refractivity contribution in [3.63, 3.8) is 0 Å². The van der Waals surface area contributed by atoms with Gasteiger partial charge in [-0.05, 0) is 59.7 Å². The van der Waals surface area contributed by atoms with Crippen molar-refractivity contribution in [2.45, 2.75) is 31.1 Å². The average molecular weight is 401 g/mol. The number of carbonyl (C=O) groups excluding carboxylic acids is 1. The molecule has 0 bridgehead atoms. The third kappa shape index (κ3) is 3.76. The molecule has 0 aliphatic heterocycles. The molecule has 3 aromatic rings. The fourth-order valence-corrected chi connectivity index (χ4v) is 5.36. The Morgan fingerprint density at radius 3 is 2.70 bits per heavy atom. The standard InChI is InChI=1S/C20H20N2O3S2/c1-13-6-9-18-16(10-13)12-19(26-18)20(23)21-22-27(24,25)17-8-7-14-4-2-3-5-15(14)11-17/h2-5,7-8,11-13,22H,6,9-10H2,1H3,(H,21,23)/t13-/m1/s1. The van der Waals surface area contributed by atoms with E-state index in [4.69, 9.17) is 0 Å². The molecule has 0 saturated heterocycles. The van der Waals surface area contributed by atoms with Gasteiger partial charge in [0.05, 0.1) is 9.77 Å². The number of aryl methyl sites for hydroxylation is 1. The highest BCUT2D eigenvalue weighted by molar-refractivity contribution is 7.89. The van der Waals surface area contributed by atoms with Gasteiger partial charge in [0.25, 0.3) is 15.9 Å². The van der Waals surface area contributed by atoms with Crippen molar-refractivity contribution < 1.29 is 13.2 Å². The molecule has 1 amide bonds.